The molecule has 1 aliphatic carbocycles. The summed E-state index contributed by atoms with van der Waals surface area (Å²) in [6.45, 7) is 4.42. The molecule has 1 amide bonds. The molecule has 0 spiro atoms. The number of benzene rings is 1. The van der Waals surface area contributed by atoms with Crippen LogP contribution >= 0.6 is 23.1 Å². The number of rotatable bonds is 7. The van der Waals surface area contributed by atoms with E-state index in [-0.39, 0.29) is 11.7 Å². The van der Waals surface area contributed by atoms with E-state index >= 15 is 0 Å². The fourth-order valence-electron chi connectivity index (χ4n) is 3.97. The van der Waals surface area contributed by atoms with Crippen LogP contribution in [0.25, 0.3) is 0 Å². The first-order valence-corrected chi connectivity index (χ1v) is 13.3. The summed E-state index contributed by atoms with van der Waals surface area (Å²) in [5.41, 5.74) is 4.18. The quantitative estimate of drug-likeness (QED) is 0.445. The molecule has 1 aromatic carbocycles. The Morgan fingerprint density at radius 1 is 1.21 bits per heavy atom. The van der Waals surface area contributed by atoms with E-state index in [1.54, 1.807) is 11.3 Å². The topological polar surface area (TPSA) is 92.8 Å². The molecule has 0 atom stereocenters. The third kappa shape index (κ3) is 5.62. The number of thioether (sulfide) groups is 1. The van der Waals surface area contributed by atoms with Gasteiger partial charge in [-0.05, 0) is 68.4 Å². The first kappa shape index (κ1) is 24.3. The monoisotopic (exact) mass is 495 g/mol. The number of hydrogen-bond donors (Lipinski definition) is 1. The van der Waals surface area contributed by atoms with E-state index < -0.39 is 0 Å². The Kier molecular flexibility index (Phi) is 7.91. The van der Waals surface area contributed by atoms with Gasteiger partial charge in [-0.25, -0.2) is 0 Å². The number of amides is 1. The van der Waals surface area contributed by atoms with Gasteiger partial charge in [-0.3, -0.25) is 4.79 Å². The number of fused-ring (bicyclic) bond motifs is 1. The van der Waals surface area contributed by atoms with Crippen LogP contribution in [0.5, 0.6) is 5.75 Å². The standard InChI is InChI=1S/C25H29N5O2S2/c1-16-10-11-18(12-17(16)2)32-14-22-28-29-25(30(22)3)33-15-23(31)27-24-20(13-26)19-8-6-4-5-7-9-21(19)34-24/h10-12H,4-9,14-15H2,1-3H3,(H,27,31). The van der Waals surface area contributed by atoms with E-state index in [0.29, 0.717) is 28.2 Å². The van der Waals surface area contributed by atoms with Crippen LogP contribution in [0, 0.1) is 25.2 Å². The maximum Gasteiger partial charge on any atom is 0.235 e. The number of nitriles is 1. The minimum atomic E-state index is -0.147. The van der Waals surface area contributed by atoms with Crippen molar-refractivity contribution in [3.63, 3.8) is 0 Å². The summed E-state index contributed by atoms with van der Waals surface area (Å²) >= 11 is 2.88. The zero-order valence-corrected chi connectivity index (χ0v) is 21.4. The van der Waals surface area contributed by atoms with Crippen LogP contribution in [0.4, 0.5) is 5.00 Å². The summed E-state index contributed by atoms with van der Waals surface area (Å²) < 4.78 is 7.71. The molecule has 1 aliphatic rings. The second kappa shape index (κ2) is 11.1. The number of anilines is 1. The molecule has 0 radical (unpaired) electrons. The van der Waals surface area contributed by atoms with Crippen molar-refractivity contribution >= 4 is 34.0 Å². The molecule has 0 unspecified atom stereocenters. The Bertz CT molecular complexity index is 1220. The van der Waals surface area contributed by atoms with Gasteiger partial charge in [-0.1, -0.05) is 30.7 Å². The molecule has 1 N–H and O–H groups in total. The molecular formula is C25H29N5O2S2. The second-order valence-electron chi connectivity index (χ2n) is 8.56. The lowest BCUT2D eigenvalue weighted by Gasteiger charge is -2.09. The predicted octanol–water partition coefficient (Wildman–Crippen LogP) is 5.33. The third-order valence-electron chi connectivity index (χ3n) is 6.14. The molecule has 4 rings (SSSR count). The minimum absolute atomic E-state index is 0.147. The molecule has 0 saturated carbocycles. The zero-order valence-electron chi connectivity index (χ0n) is 19.8. The number of nitrogens with one attached hydrogen (secondary N) is 1. The van der Waals surface area contributed by atoms with Crippen LogP contribution in [0.2, 0.25) is 0 Å². The van der Waals surface area contributed by atoms with Gasteiger partial charge in [0.25, 0.3) is 0 Å². The summed E-state index contributed by atoms with van der Waals surface area (Å²) in [5.74, 6) is 1.52. The summed E-state index contributed by atoms with van der Waals surface area (Å²) in [6, 6.07) is 8.31. The van der Waals surface area contributed by atoms with Crippen molar-refractivity contribution in [2.75, 3.05) is 11.1 Å². The highest BCUT2D eigenvalue weighted by molar-refractivity contribution is 7.99. The van der Waals surface area contributed by atoms with E-state index in [1.165, 1.54) is 40.6 Å². The van der Waals surface area contributed by atoms with Gasteiger partial charge >= 0.3 is 0 Å². The van der Waals surface area contributed by atoms with E-state index in [0.717, 1.165) is 37.0 Å². The van der Waals surface area contributed by atoms with Crippen LogP contribution < -0.4 is 10.1 Å². The number of thiophene rings is 1. The first-order valence-electron chi connectivity index (χ1n) is 11.5. The fraction of sp³-hybridized carbons (Fsp3) is 0.440. The van der Waals surface area contributed by atoms with Gasteiger partial charge in [0.1, 0.15) is 23.4 Å². The zero-order chi connectivity index (χ0) is 24.1. The molecule has 0 fully saturated rings. The predicted molar refractivity (Wildman–Crippen MR) is 136 cm³/mol. The average molecular weight is 496 g/mol. The number of aromatic nitrogens is 3. The van der Waals surface area contributed by atoms with Crippen LogP contribution in [-0.4, -0.2) is 26.4 Å². The number of carbonyl (C=O) groups excluding carboxylic acids is 1. The molecule has 0 saturated heterocycles. The molecule has 2 aromatic heterocycles. The number of hydrogen-bond acceptors (Lipinski definition) is 7. The van der Waals surface area contributed by atoms with Crippen LogP contribution in [-0.2, 0) is 31.3 Å². The largest absolute Gasteiger partial charge is 0.486 e. The lowest BCUT2D eigenvalue weighted by atomic mass is 9.97. The minimum Gasteiger partial charge on any atom is -0.486 e. The molecule has 0 aliphatic heterocycles. The van der Waals surface area contributed by atoms with Gasteiger partial charge in [0, 0.05) is 11.9 Å². The van der Waals surface area contributed by atoms with Crippen LogP contribution in [0.1, 0.15) is 58.6 Å². The van der Waals surface area contributed by atoms with E-state index in [9.17, 15) is 10.1 Å². The van der Waals surface area contributed by atoms with E-state index in [2.05, 4.69) is 35.4 Å². The second-order valence-corrected chi connectivity index (χ2v) is 10.6. The highest BCUT2D eigenvalue weighted by Crippen LogP contribution is 2.36. The molecule has 7 nitrogen and oxygen atoms in total. The Morgan fingerprint density at radius 2 is 2.00 bits per heavy atom. The Balaban J connectivity index is 1.35. The number of ether oxygens (including phenoxy) is 1. The molecule has 178 valence electrons. The molecule has 9 heteroatoms. The van der Waals surface area contributed by atoms with E-state index in [4.69, 9.17) is 4.74 Å². The molecule has 3 aromatic rings. The van der Waals surface area contributed by atoms with Gasteiger partial charge in [-0.15, -0.1) is 21.5 Å². The summed E-state index contributed by atoms with van der Waals surface area (Å²) in [5, 5.41) is 22.4. The Labute approximate surface area is 208 Å². The van der Waals surface area contributed by atoms with Gasteiger partial charge in [-0.2, -0.15) is 5.26 Å². The maximum atomic E-state index is 12.7. The summed E-state index contributed by atoms with van der Waals surface area (Å²) in [4.78, 5) is 13.9. The maximum absolute atomic E-state index is 12.7. The molecule has 2 heterocycles. The fourth-order valence-corrected chi connectivity index (χ4v) is 5.95. The van der Waals surface area contributed by atoms with Gasteiger partial charge in [0.2, 0.25) is 5.91 Å². The van der Waals surface area contributed by atoms with Crippen molar-refractivity contribution in [3.8, 4) is 11.8 Å². The lowest BCUT2D eigenvalue weighted by Crippen LogP contribution is -2.14. The summed E-state index contributed by atoms with van der Waals surface area (Å²) in [7, 11) is 1.87. The van der Waals surface area contributed by atoms with Crippen molar-refractivity contribution in [2.24, 2.45) is 7.05 Å². The summed E-state index contributed by atoms with van der Waals surface area (Å²) in [6.07, 6.45) is 6.59. The Hall–Kier alpha value is -2.83. The number of aryl methyl sites for hydroxylation is 3. The van der Waals surface area contributed by atoms with Crippen LogP contribution in [0.15, 0.2) is 23.4 Å². The highest BCUT2D eigenvalue weighted by Gasteiger charge is 2.21. The Morgan fingerprint density at radius 3 is 2.76 bits per heavy atom. The van der Waals surface area contributed by atoms with Gasteiger partial charge < -0.3 is 14.6 Å². The SMILES string of the molecule is Cc1ccc(OCc2nnc(SCC(=O)Nc3sc4c(c3C#N)CCCCCC4)n2C)cc1C. The van der Waals surface area contributed by atoms with Gasteiger partial charge in [0.05, 0.1) is 11.3 Å². The van der Waals surface area contributed by atoms with Gasteiger partial charge in [0.15, 0.2) is 11.0 Å². The highest BCUT2D eigenvalue weighted by atomic mass is 32.2. The van der Waals surface area contributed by atoms with Crippen molar-refractivity contribution in [3.05, 3.63) is 51.2 Å². The number of carbonyl (C=O) groups is 1. The smallest absolute Gasteiger partial charge is 0.235 e. The lowest BCUT2D eigenvalue weighted by molar-refractivity contribution is -0.113. The third-order valence-corrected chi connectivity index (χ3v) is 8.37. The van der Waals surface area contributed by atoms with Crippen molar-refractivity contribution in [1.82, 2.24) is 14.8 Å². The van der Waals surface area contributed by atoms with Crippen LogP contribution in [0.3, 0.4) is 0 Å². The molecule has 34 heavy (non-hydrogen) atoms. The number of nitrogens with zero attached hydrogens (tertiary/aromatic N) is 4. The first-order chi connectivity index (χ1) is 16.5. The normalized spacial score (nSPS) is 13.5. The average Bonchev–Trinajstić information content (AvgIpc) is 3.31. The molecule has 0 bridgehead atoms. The van der Waals surface area contributed by atoms with Crippen molar-refractivity contribution < 1.29 is 9.53 Å². The van der Waals surface area contributed by atoms with E-state index in [1.807, 2.05) is 29.8 Å². The van der Waals surface area contributed by atoms with Crippen molar-refractivity contribution in [1.29, 1.82) is 5.26 Å². The molecular weight excluding hydrogens is 466 g/mol. The van der Waals surface area contributed by atoms with Crippen molar-refractivity contribution in [2.45, 2.75) is 64.1 Å².